The molecule has 0 aliphatic rings. The fourth-order valence-electron chi connectivity index (χ4n) is 1.71. The lowest BCUT2D eigenvalue weighted by molar-refractivity contribution is -0.121. The molecule has 0 aliphatic carbocycles. The summed E-state index contributed by atoms with van der Waals surface area (Å²) in [6.07, 6.45) is 1.83. The van der Waals surface area contributed by atoms with Gasteiger partial charge in [0, 0.05) is 10.9 Å². The van der Waals surface area contributed by atoms with Crippen molar-refractivity contribution in [2.24, 2.45) is 0 Å². The van der Waals surface area contributed by atoms with Crippen LogP contribution in [0.4, 0.5) is 0 Å². The normalized spacial score (nSPS) is 14.0. The summed E-state index contributed by atoms with van der Waals surface area (Å²) in [5.74, 6) is -0.655. The Morgan fingerprint density at radius 3 is 2.57 bits per heavy atom. The summed E-state index contributed by atoms with van der Waals surface area (Å²) in [5.41, 5.74) is 0.0781. The molecule has 120 valence electrons. The predicted molar refractivity (Wildman–Crippen MR) is 86.1 cm³/mol. The molecular formula is C14H24N2O3S2. The van der Waals surface area contributed by atoms with Crippen molar-refractivity contribution in [2.75, 3.05) is 0 Å². The maximum atomic E-state index is 12.3. The van der Waals surface area contributed by atoms with E-state index in [9.17, 15) is 13.2 Å². The van der Waals surface area contributed by atoms with E-state index in [1.165, 1.54) is 18.3 Å². The first-order chi connectivity index (χ1) is 9.55. The molecule has 0 spiro atoms. The number of nitrogens with zero attached hydrogens (tertiary/aromatic N) is 1. The SMILES string of the molecule is CCCc1nc(CS(=O)(=O)C(C)C(=O)NC(C)(C)C)cs1. The molecule has 0 saturated carbocycles. The van der Waals surface area contributed by atoms with E-state index >= 15 is 0 Å². The molecule has 1 N–H and O–H groups in total. The Labute approximate surface area is 131 Å². The zero-order valence-corrected chi connectivity index (χ0v) is 14.9. The van der Waals surface area contributed by atoms with Gasteiger partial charge >= 0.3 is 0 Å². The highest BCUT2D eigenvalue weighted by molar-refractivity contribution is 7.92. The van der Waals surface area contributed by atoms with Crippen molar-refractivity contribution in [1.82, 2.24) is 10.3 Å². The highest BCUT2D eigenvalue weighted by atomic mass is 32.2. The van der Waals surface area contributed by atoms with Crippen LogP contribution in [-0.4, -0.2) is 30.1 Å². The van der Waals surface area contributed by atoms with Crippen molar-refractivity contribution in [1.29, 1.82) is 0 Å². The lowest BCUT2D eigenvalue weighted by atomic mass is 10.1. The van der Waals surface area contributed by atoms with Crippen molar-refractivity contribution in [3.63, 3.8) is 0 Å². The second-order valence-electron chi connectivity index (χ2n) is 6.17. The van der Waals surface area contributed by atoms with Crippen LogP contribution in [0.25, 0.3) is 0 Å². The minimum Gasteiger partial charge on any atom is -0.350 e. The Balaban J connectivity index is 2.77. The molecule has 1 heterocycles. The number of carbonyl (C=O) groups is 1. The van der Waals surface area contributed by atoms with Crippen molar-refractivity contribution >= 4 is 27.1 Å². The molecule has 0 saturated heterocycles. The van der Waals surface area contributed by atoms with E-state index in [4.69, 9.17) is 0 Å². The molecule has 0 aromatic carbocycles. The Hall–Kier alpha value is -0.950. The number of sulfone groups is 1. The standard InChI is InChI=1S/C14H24N2O3S2/c1-6-7-12-15-11(8-20-12)9-21(18,19)10(2)13(17)16-14(3,4)5/h8,10H,6-7,9H2,1-5H3,(H,16,17). The third-order valence-electron chi connectivity index (χ3n) is 2.82. The van der Waals surface area contributed by atoms with Crippen LogP contribution in [-0.2, 0) is 26.8 Å². The lowest BCUT2D eigenvalue weighted by Gasteiger charge is -2.23. The molecule has 1 atom stereocenters. The third-order valence-corrected chi connectivity index (χ3v) is 5.77. The summed E-state index contributed by atoms with van der Waals surface area (Å²) in [5, 5.41) is 4.32. The predicted octanol–water partition coefficient (Wildman–Crippen LogP) is 2.31. The number of carbonyl (C=O) groups excluding carboxylic acids is 1. The summed E-state index contributed by atoms with van der Waals surface area (Å²) in [7, 11) is -3.55. The van der Waals surface area contributed by atoms with Gasteiger partial charge in [0.05, 0.1) is 16.5 Å². The second kappa shape index (κ2) is 6.87. The molecule has 0 bridgehead atoms. The Morgan fingerprint density at radius 2 is 2.05 bits per heavy atom. The number of aromatic nitrogens is 1. The molecule has 0 fully saturated rings. The average Bonchev–Trinajstić information content (AvgIpc) is 2.73. The van der Waals surface area contributed by atoms with E-state index in [1.807, 2.05) is 20.8 Å². The maximum absolute atomic E-state index is 12.3. The first-order valence-corrected chi connectivity index (χ1v) is 9.61. The molecule has 1 aromatic heterocycles. The molecule has 1 unspecified atom stereocenters. The van der Waals surface area contributed by atoms with E-state index in [0.717, 1.165) is 17.8 Å². The molecule has 1 amide bonds. The molecule has 5 nitrogen and oxygen atoms in total. The Kier molecular flexibility index (Phi) is 5.92. The van der Waals surface area contributed by atoms with Crippen LogP contribution in [0.5, 0.6) is 0 Å². The number of nitrogens with one attached hydrogen (secondary N) is 1. The van der Waals surface area contributed by atoms with Gasteiger partial charge in [0.1, 0.15) is 5.25 Å². The van der Waals surface area contributed by atoms with Gasteiger partial charge in [-0.05, 0) is 40.5 Å². The molecule has 0 radical (unpaired) electrons. The number of aryl methyl sites for hydroxylation is 1. The molecule has 1 aromatic rings. The van der Waals surface area contributed by atoms with Crippen LogP contribution < -0.4 is 5.32 Å². The van der Waals surface area contributed by atoms with Crippen molar-refractivity contribution in [3.8, 4) is 0 Å². The van der Waals surface area contributed by atoms with Gasteiger partial charge in [-0.3, -0.25) is 4.79 Å². The highest BCUT2D eigenvalue weighted by Crippen LogP contribution is 2.17. The van der Waals surface area contributed by atoms with Crippen molar-refractivity contribution in [3.05, 3.63) is 16.1 Å². The number of amides is 1. The molecule has 1 rings (SSSR count). The van der Waals surface area contributed by atoms with Crippen molar-refractivity contribution < 1.29 is 13.2 Å². The summed E-state index contributed by atoms with van der Waals surface area (Å²) in [4.78, 5) is 16.3. The van der Waals surface area contributed by atoms with E-state index < -0.39 is 26.5 Å². The quantitative estimate of drug-likeness (QED) is 0.867. The Morgan fingerprint density at radius 1 is 1.43 bits per heavy atom. The molecule has 21 heavy (non-hydrogen) atoms. The summed E-state index contributed by atoms with van der Waals surface area (Å²) >= 11 is 1.47. The number of thiazole rings is 1. The highest BCUT2D eigenvalue weighted by Gasteiger charge is 2.30. The first kappa shape index (κ1) is 18.1. The lowest BCUT2D eigenvalue weighted by Crippen LogP contribution is -2.47. The molecular weight excluding hydrogens is 308 g/mol. The fraction of sp³-hybridized carbons (Fsp3) is 0.714. The number of hydrogen-bond donors (Lipinski definition) is 1. The van der Waals surface area contributed by atoms with Crippen LogP contribution in [0.1, 0.15) is 51.7 Å². The van der Waals surface area contributed by atoms with Crippen LogP contribution in [0.2, 0.25) is 0 Å². The van der Waals surface area contributed by atoms with E-state index in [2.05, 4.69) is 17.2 Å². The van der Waals surface area contributed by atoms with Gasteiger partial charge in [0.2, 0.25) is 5.91 Å². The van der Waals surface area contributed by atoms with Gasteiger partial charge in [-0.25, -0.2) is 13.4 Å². The van der Waals surface area contributed by atoms with Gasteiger partial charge in [-0.15, -0.1) is 11.3 Å². The summed E-state index contributed by atoms with van der Waals surface area (Å²) in [6.45, 7) is 8.94. The largest absolute Gasteiger partial charge is 0.350 e. The van der Waals surface area contributed by atoms with Crippen LogP contribution in [0, 0.1) is 0 Å². The zero-order chi connectivity index (χ0) is 16.3. The number of rotatable bonds is 6. The summed E-state index contributed by atoms with van der Waals surface area (Å²) in [6, 6.07) is 0. The fourth-order valence-corrected chi connectivity index (χ4v) is 3.91. The smallest absolute Gasteiger partial charge is 0.238 e. The first-order valence-electron chi connectivity index (χ1n) is 7.02. The monoisotopic (exact) mass is 332 g/mol. The molecule has 0 aliphatic heterocycles. The van der Waals surface area contributed by atoms with Gasteiger partial charge < -0.3 is 5.32 Å². The zero-order valence-electron chi connectivity index (χ0n) is 13.3. The second-order valence-corrected chi connectivity index (χ2v) is 9.44. The summed E-state index contributed by atoms with van der Waals surface area (Å²) < 4.78 is 24.6. The maximum Gasteiger partial charge on any atom is 0.238 e. The van der Waals surface area contributed by atoms with Crippen molar-refractivity contribution in [2.45, 2.75) is 64.0 Å². The minimum atomic E-state index is -3.55. The van der Waals surface area contributed by atoms with Gasteiger partial charge in [-0.1, -0.05) is 6.92 Å². The third kappa shape index (κ3) is 5.74. The van der Waals surface area contributed by atoms with Gasteiger partial charge in [0.25, 0.3) is 0 Å². The Bertz CT molecular complexity index is 586. The minimum absolute atomic E-state index is 0.189. The van der Waals surface area contributed by atoms with Crippen LogP contribution in [0.3, 0.4) is 0 Å². The van der Waals surface area contributed by atoms with Crippen LogP contribution >= 0.6 is 11.3 Å². The van der Waals surface area contributed by atoms with E-state index in [1.54, 1.807) is 5.38 Å². The van der Waals surface area contributed by atoms with Gasteiger partial charge in [-0.2, -0.15) is 0 Å². The number of hydrogen-bond acceptors (Lipinski definition) is 5. The van der Waals surface area contributed by atoms with Crippen LogP contribution in [0.15, 0.2) is 5.38 Å². The van der Waals surface area contributed by atoms with E-state index in [-0.39, 0.29) is 5.75 Å². The molecule has 7 heteroatoms. The van der Waals surface area contributed by atoms with Gasteiger partial charge in [0.15, 0.2) is 9.84 Å². The topological polar surface area (TPSA) is 76.1 Å². The average molecular weight is 332 g/mol. The van der Waals surface area contributed by atoms with E-state index in [0.29, 0.717) is 5.69 Å².